The normalized spacial score (nSPS) is 36.4. The van der Waals surface area contributed by atoms with Gasteiger partial charge in [0.1, 0.15) is 0 Å². The van der Waals surface area contributed by atoms with Gasteiger partial charge in [-0.25, -0.2) is 0 Å². The van der Waals surface area contributed by atoms with Crippen LogP contribution < -0.4 is 0 Å². The molecule has 0 radical (unpaired) electrons. The molecular weight excluding hydrogens is 122 g/mol. The molecule has 2 aliphatic carbocycles. The Bertz CT molecular complexity index is 170. The molecule has 1 saturated carbocycles. The summed E-state index contributed by atoms with van der Waals surface area (Å²) in [5, 5.41) is 0. The Morgan fingerprint density at radius 2 is 2.20 bits per heavy atom. The third kappa shape index (κ3) is 0.764. The minimum absolute atomic E-state index is 0.917. The summed E-state index contributed by atoms with van der Waals surface area (Å²) in [6.07, 6.45) is 6.79. The highest BCUT2D eigenvalue weighted by molar-refractivity contribution is 5.17. The van der Waals surface area contributed by atoms with E-state index in [4.69, 9.17) is 0 Å². The van der Waals surface area contributed by atoms with Gasteiger partial charge in [-0.15, -0.1) is 0 Å². The molecule has 0 aromatic carbocycles. The minimum Gasteiger partial charge on any atom is -0.381 e. The topological polar surface area (TPSA) is 3.24 Å². The van der Waals surface area contributed by atoms with Crippen molar-refractivity contribution in [2.24, 2.45) is 11.8 Å². The lowest BCUT2D eigenvalue weighted by atomic mass is 10.0. The second-order valence-electron chi connectivity index (χ2n) is 3.76. The van der Waals surface area contributed by atoms with Crippen LogP contribution in [0.3, 0.4) is 0 Å². The molecule has 2 atom stereocenters. The predicted molar refractivity (Wildman–Crippen MR) is 42.6 cm³/mol. The number of allylic oxidation sites excluding steroid dienone is 2. The smallest absolute Gasteiger partial charge is 0.0121 e. The van der Waals surface area contributed by atoms with Gasteiger partial charge in [-0.2, -0.15) is 0 Å². The van der Waals surface area contributed by atoms with Crippen molar-refractivity contribution < 1.29 is 0 Å². The SMILES string of the molecule is CN(C)C1=CC2CCC1C2. The molecule has 0 heterocycles. The van der Waals surface area contributed by atoms with Gasteiger partial charge >= 0.3 is 0 Å². The molecule has 0 aliphatic heterocycles. The lowest BCUT2D eigenvalue weighted by Crippen LogP contribution is -2.16. The Labute approximate surface area is 62.7 Å². The summed E-state index contributed by atoms with van der Waals surface area (Å²) >= 11 is 0. The summed E-state index contributed by atoms with van der Waals surface area (Å²) in [6.45, 7) is 0. The second kappa shape index (κ2) is 2.01. The number of hydrogen-bond acceptors (Lipinski definition) is 1. The standard InChI is InChI=1S/C9H15N/c1-10(2)9-6-7-3-4-8(9)5-7/h6-8H,3-5H2,1-2H3. The van der Waals surface area contributed by atoms with Crippen molar-refractivity contribution in [3.8, 4) is 0 Å². The summed E-state index contributed by atoms with van der Waals surface area (Å²) in [6, 6.07) is 0. The Hall–Kier alpha value is -0.460. The van der Waals surface area contributed by atoms with Crippen molar-refractivity contribution >= 4 is 0 Å². The van der Waals surface area contributed by atoms with Gasteiger partial charge in [-0.1, -0.05) is 6.08 Å². The molecule has 1 fully saturated rings. The molecule has 1 nitrogen and oxygen atoms in total. The molecule has 0 saturated heterocycles. The van der Waals surface area contributed by atoms with Crippen LogP contribution in [0.1, 0.15) is 19.3 Å². The van der Waals surface area contributed by atoms with Crippen LogP contribution in [0, 0.1) is 11.8 Å². The summed E-state index contributed by atoms with van der Waals surface area (Å²) in [5.41, 5.74) is 1.59. The van der Waals surface area contributed by atoms with Crippen LogP contribution >= 0.6 is 0 Å². The predicted octanol–water partition coefficient (Wildman–Crippen LogP) is 1.86. The van der Waals surface area contributed by atoms with E-state index in [0.717, 1.165) is 11.8 Å². The molecule has 2 bridgehead atoms. The molecule has 2 aliphatic rings. The second-order valence-corrected chi connectivity index (χ2v) is 3.76. The van der Waals surface area contributed by atoms with Crippen molar-refractivity contribution in [1.82, 2.24) is 4.90 Å². The third-order valence-corrected chi connectivity index (χ3v) is 2.81. The first-order valence-corrected chi connectivity index (χ1v) is 4.16. The molecule has 1 heteroatoms. The van der Waals surface area contributed by atoms with Crippen LogP contribution in [0.5, 0.6) is 0 Å². The average Bonchev–Trinajstić information content (AvgIpc) is 2.44. The monoisotopic (exact) mass is 137 g/mol. The summed E-state index contributed by atoms with van der Waals surface area (Å²) in [5.74, 6) is 1.85. The Balaban J connectivity index is 2.17. The number of rotatable bonds is 1. The summed E-state index contributed by atoms with van der Waals surface area (Å²) < 4.78 is 0. The third-order valence-electron chi connectivity index (χ3n) is 2.81. The molecule has 0 aromatic heterocycles. The van der Waals surface area contributed by atoms with Crippen LogP contribution in [0.2, 0.25) is 0 Å². The fraction of sp³-hybridized carbons (Fsp3) is 0.778. The van der Waals surface area contributed by atoms with E-state index in [-0.39, 0.29) is 0 Å². The van der Waals surface area contributed by atoms with Crippen molar-refractivity contribution in [1.29, 1.82) is 0 Å². The highest BCUT2D eigenvalue weighted by Gasteiger charge is 2.33. The van der Waals surface area contributed by atoms with E-state index >= 15 is 0 Å². The van der Waals surface area contributed by atoms with Crippen molar-refractivity contribution in [2.75, 3.05) is 14.1 Å². The molecular formula is C9H15N. The molecule has 0 N–H and O–H groups in total. The van der Waals surface area contributed by atoms with Crippen molar-refractivity contribution in [3.05, 3.63) is 11.8 Å². The van der Waals surface area contributed by atoms with Gasteiger partial charge in [0.15, 0.2) is 0 Å². The summed E-state index contributed by atoms with van der Waals surface area (Å²) in [4.78, 5) is 2.28. The zero-order valence-electron chi connectivity index (χ0n) is 6.80. The van der Waals surface area contributed by atoms with E-state index in [2.05, 4.69) is 25.1 Å². The largest absolute Gasteiger partial charge is 0.381 e. The van der Waals surface area contributed by atoms with Gasteiger partial charge in [0.2, 0.25) is 0 Å². The van der Waals surface area contributed by atoms with E-state index in [1.54, 1.807) is 5.70 Å². The van der Waals surface area contributed by atoms with E-state index < -0.39 is 0 Å². The van der Waals surface area contributed by atoms with Gasteiger partial charge in [-0.3, -0.25) is 0 Å². The number of nitrogens with zero attached hydrogens (tertiary/aromatic N) is 1. The van der Waals surface area contributed by atoms with Crippen LogP contribution in [-0.4, -0.2) is 19.0 Å². The Morgan fingerprint density at radius 1 is 1.40 bits per heavy atom. The number of fused-ring (bicyclic) bond motifs is 2. The Morgan fingerprint density at radius 3 is 2.50 bits per heavy atom. The van der Waals surface area contributed by atoms with Gasteiger partial charge in [-0.05, 0) is 31.1 Å². The van der Waals surface area contributed by atoms with Crippen molar-refractivity contribution in [3.63, 3.8) is 0 Å². The fourth-order valence-electron chi connectivity index (χ4n) is 2.33. The van der Waals surface area contributed by atoms with Gasteiger partial charge in [0.25, 0.3) is 0 Å². The van der Waals surface area contributed by atoms with E-state index in [0.29, 0.717) is 0 Å². The molecule has 0 amide bonds. The first kappa shape index (κ1) is 6.26. The maximum absolute atomic E-state index is 2.47. The highest BCUT2D eigenvalue weighted by Crippen LogP contribution is 2.43. The van der Waals surface area contributed by atoms with E-state index in [1.165, 1.54) is 19.3 Å². The maximum Gasteiger partial charge on any atom is 0.0121 e. The lowest BCUT2D eigenvalue weighted by Gasteiger charge is -2.21. The Kier molecular flexibility index (Phi) is 1.26. The highest BCUT2D eigenvalue weighted by atomic mass is 15.1. The van der Waals surface area contributed by atoms with Crippen LogP contribution in [0.25, 0.3) is 0 Å². The van der Waals surface area contributed by atoms with Crippen molar-refractivity contribution in [2.45, 2.75) is 19.3 Å². The average molecular weight is 137 g/mol. The molecule has 0 spiro atoms. The fourth-order valence-corrected chi connectivity index (χ4v) is 2.33. The first-order valence-electron chi connectivity index (χ1n) is 4.16. The molecule has 0 aromatic rings. The van der Waals surface area contributed by atoms with E-state index in [1.807, 2.05) is 0 Å². The first-order chi connectivity index (χ1) is 4.77. The molecule has 56 valence electrons. The van der Waals surface area contributed by atoms with Gasteiger partial charge in [0, 0.05) is 19.8 Å². The zero-order chi connectivity index (χ0) is 7.14. The van der Waals surface area contributed by atoms with Gasteiger partial charge < -0.3 is 4.90 Å². The quantitative estimate of drug-likeness (QED) is 0.533. The molecule has 2 rings (SSSR count). The minimum atomic E-state index is 0.917. The van der Waals surface area contributed by atoms with Gasteiger partial charge in [0.05, 0.1) is 0 Å². The van der Waals surface area contributed by atoms with E-state index in [9.17, 15) is 0 Å². The summed E-state index contributed by atoms with van der Waals surface area (Å²) in [7, 11) is 4.32. The lowest BCUT2D eigenvalue weighted by molar-refractivity contribution is 0.428. The zero-order valence-corrected chi connectivity index (χ0v) is 6.80. The molecule has 2 unspecified atom stereocenters. The maximum atomic E-state index is 2.47. The number of hydrogen-bond donors (Lipinski definition) is 0. The van der Waals surface area contributed by atoms with Crippen LogP contribution in [0.15, 0.2) is 11.8 Å². The molecule has 10 heavy (non-hydrogen) atoms. The van der Waals surface area contributed by atoms with Crippen LogP contribution in [0.4, 0.5) is 0 Å². The van der Waals surface area contributed by atoms with Crippen LogP contribution in [-0.2, 0) is 0 Å².